The van der Waals surface area contributed by atoms with Gasteiger partial charge in [-0.15, -0.1) is 0 Å². The fraction of sp³-hybridized carbons (Fsp3) is 0.750. The molecule has 26 heavy (non-hydrogen) atoms. The molecule has 0 unspecified atom stereocenters. The maximum absolute atomic E-state index is 11.8. The van der Waals surface area contributed by atoms with E-state index in [2.05, 4.69) is 13.5 Å². The summed E-state index contributed by atoms with van der Waals surface area (Å²) in [5, 5.41) is 30.4. The van der Waals surface area contributed by atoms with Crippen molar-refractivity contribution in [2.45, 2.75) is 58.5 Å². The van der Waals surface area contributed by atoms with Crippen molar-refractivity contribution in [1.29, 1.82) is 0 Å². The zero-order valence-corrected chi connectivity index (χ0v) is 15.3. The number of esters is 1. The molecule has 0 amide bonds. The van der Waals surface area contributed by atoms with E-state index in [4.69, 9.17) is 4.74 Å². The summed E-state index contributed by atoms with van der Waals surface area (Å²) in [6, 6.07) is 0. The Balaban J connectivity index is 0.00000182. The standard InChI is InChI=1S/C20H30O5.Na.H/c1-12-4-7-16-19(2,9-8-17(23)20(16,3)11-21)14(12)6-5-13-15(22)10-25-18(13)24;;/h14,16-17,21-23H,1,4-11H2,2-3H3;;/p+1/t14-,16+,17-,19+,20+;;/m1../s1. The van der Waals surface area contributed by atoms with Crippen LogP contribution in [-0.4, -0.2) is 70.2 Å². The minimum atomic E-state index is -0.500. The van der Waals surface area contributed by atoms with E-state index >= 15 is 0 Å². The van der Waals surface area contributed by atoms with Crippen LogP contribution in [0.4, 0.5) is 0 Å². The Bertz CT molecular complexity index is 621. The van der Waals surface area contributed by atoms with Gasteiger partial charge in [-0.25, -0.2) is 4.79 Å². The van der Waals surface area contributed by atoms with Crippen molar-refractivity contribution >= 4 is 35.5 Å². The number of hydrogen-bond acceptors (Lipinski definition) is 5. The summed E-state index contributed by atoms with van der Waals surface area (Å²) < 4.78 is 4.89. The second-order valence-electron chi connectivity index (χ2n) is 8.57. The van der Waals surface area contributed by atoms with Gasteiger partial charge in [0.2, 0.25) is 0 Å². The van der Waals surface area contributed by atoms with Crippen LogP contribution in [0.3, 0.4) is 0 Å². The van der Waals surface area contributed by atoms with E-state index in [9.17, 15) is 20.1 Å². The summed E-state index contributed by atoms with van der Waals surface area (Å²) in [4.78, 5) is 11.8. The molecule has 0 aromatic carbocycles. The molecule has 2 aliphatic carbocycles. The minimum absolute atomic E-state index is 0. The molecule has 2 saturated carbocycles. The van der Waals surface area contributed by atoms with E-state index < -0.39 is 17.5 Å². The molecular weight excluding hydrogens is 343 g/mol. The second-order valence-corrected chi connectivity index (χ2v) is 8.57. The molecule has 5 atom stereocenters. The average Bonchev–Trinajstić information content (AvgIpc) is 2.89. The molecule has 0 radical (unpaired) electrons. The monoisotopic (exact) mass is 375 g/mol. The first-order valence-electron chi connectivity index (χ1n) is 9.28. The van der Waals surface area contributed by atoms with Gasteiger partial charge >= 0.3 is 37.0 Å². The normalized spacial score (nSPS) is 40.1. The van der Waals surface area contributed by atoms with Crippen molar-refractivity contribution in [3.63, 3.8) is 0 Å². The van der Waals surface area contributed by atoms with Crippen LogP contribution in [0.15, 0.2) is 23.5 Å². The van der Waals surface area contributed by atoms with E-state index in [1.165, 1.54) is 5.57 Å². The number of aliphatic hydroxyl groups is 3. The third-order valence-electron chi connectivity index (χ3n) is 7.31. The predicted octanol–water partition coefficient (Wildman–Crippen LogP) is 2.34. The summed E-state index contributed by atoms with van der Waals surface area (Å²) in [5.74, 6) is 0.0490. The molecule has 0 spiro atoms. The van der Waals surface area contributed by atoms with Gasteiger partial charge in [-0.3, -0.25) is 0 Å². The second kappa shape index (κ2) is 7.96. The van der Waals surface area contributed by atoms with Crippen molar-refractivity contribution in [2.75, 3.05) is 13.2 Å². The number of cyclic esters (lactones) is 1. The van der Waals surface area contributed by atoms with Crippen molar-refractivity contribution in [3.8, 4) is 0 Å². The van der Waals surface area contributed by atoms with Crippen LogP contribution in [0.5, 0.6) is 0 Å². The van der Waals surface area contributed by atoms with Gasteiger partial charge in [-0.1, -0.05) is 26.0 Å². The number of carbonyl (C=O) groups excluding carboxylic acids is 1. The number of allylic oxidation sites excluding steroid dienone is 1. The molecule has 0 aromatic heterocycles. The summed E-state index contributed by atoms with van der Waals surface area (Å²) in [6.07, 6.45) is 4.09. The van der Waals surface area contributed by atoms with Gasteiger partial charge in [0.15, 0.2) is 0 Å². The fourth-order valence-electron chi connectivity index (χ4n) is 5.69. The van der Waals surface area contributed by atoms with Crippen LogP contribution >= 0.6 is 0 Å². The number of ether oxygens (including phenoxy) is 1. The van der Waals surface area contributed by atoms with E-state index in [0.29, 0.717) is 18.4 Å². The number of fused-ring (bicyclic) bond motifs is 1. The Hall–Kier alpha value is -0.330. The zero-order chi connectivity index (χ0) is 18.4. The van der Waals surface area contributed by atoms with Gasteiger partial charge in [0.05, 0.1) is 18.3 Å². The Morgan fingerprint density at radius 1 is 1.35 bits per heavy atom. The first kappa shape index (κ1) is 22.0. The van der Waals surface area contributed by atoms with Crippen molar-refractivity contribution in [1.82, 2.24) is 0 Å². The van der Waals surface area contributed by atoms with Crippen molar-refractivity contribution in [3.05, 3.63) is 23.5 Å². The van der Waals surface area contributed by atoms with Gasteiger partial charge in [0.1, 0.15) is 12.4 Å². The SMILES string of the molecule is C=C1CC[C@@H]2[C@](C)(CO)[C@H](O)CC[C@@]2(C)[C@@H]1CCC1=C(O)COC1=O.[H+].[NaH]. The Labute approximate surface area is 179 Å². The molecule has 0 saturated heterocycles. The molecular formula is C20H32NaO5+. The summed E-state index contributed by atoms with van der Waals surface area (Å²) >= 11 is 0. The first-order chi connectivity index (χ1) is 11.7. The third-order valence-corrected chi connectivity index (χ3v) is 7.31. The predicted molar refractivity (Wildman–Crippen MR) is 102 cm³/mol. The van der Waals surface area contributed by atoms with Gasteiger partial charge < -0.3 is 20.1 Å². The summed E-state index contributed by atoms with van der Waals surface area (Å²) in [7, 11) is 0. The van der Waals surface area contributed by atoms with Gasteiger partial charge in [-0.05, 0) is 55.8 Å². The quantitative estimate of drug-likeness (QED) is 0.399. The zero-order valence-electron chi connectivity index (χ0n) is 16.3. The van der Waals surface area contributed by atoms with Crippen molar-refractivity contribution < 1.29 is 26.3 Å². The van der Waals surface area contributed by atoms with E-state index in [1.54, 1.807) is 0 Å². The molecule has 5 nitrogen and oxygen atoms in total. The van der Waals surface area contributed by atoms with Crippen molar-refractivity contribution in [2.24, 2.45) is 22.7 Å². The number of hydrogen-bond donors (Lipinski definition) is 3. The molecule has 6 heteroatoms. The topological polar surface area (TPSA) is 87.0 Å². The maximum atomic E-state index is 11.8. The molecule has 142 valence electrons. The Morgan fingerprint density at radius 2 is 2.04 bits per heavy atom. The van der Waals surface area contributed by atoms with Crippen LogP contribution in [0.2, 0.25) is 0 Å². The first-order valence-corrected chi connectivity index (χ1v) is 9.28. The molecule has 2 fully saturated rings. The molecule has 3 aliphatic rings. The fourth-order valence-corrected chi connectivity index (χ4v) is 5.69. The summed E-state index contributed by atoms with van der Waals surface area (Å²) in [6.45, 7) is 8.48. The molecule has 1 aliphatic heterocycles. The third kappa shape index (κ3) is 3.42. The molecule has 0 bridgehead atoms. The van der Waals surface area contributed by atoms with Crippen LogP contribution < -0.4 is 0 Å². The Morgan fingerprint density at radius 3 is 2.62 bits per heavy atom. The van der Waals surface area contributed by atoms with Gasteiger partial charge in [0.25, 0.3) is 0 Å². The van der Waals surface area contributed by atoms with E-state index in [0.717, 1.165) is 25.7 Å². The summed E-state index contributed by atoms with van der Waals surface area (Å²) in [5.41, 5.74) is 1.01. The Kier molecular flexibility index (Phi) is 6.72. The molecule has 1 heterocycles. The van der Waals surface area contributed by atoms with Gasteiger partial charge in [-0.2, -0.15) is 0 Å². The molecule has 3 N–H and O–H groups in total. The van der Waals surface area contributed by atoms with Crippen LogP contribution in [0.25, 0.3) is 0 Å². The number of carbonyl (C=O) groups is 1. The van der Waals surface area contributed by atoms with E-state index in [-0.39, 0.29) is 67.2 Å². The molecule has 3 rings (SSSR count). The van der Waals surface area contributed by atoms with E-state index in [1.807, 2.05) is 6.92 Å². The van der Waals surface area contributed by atoms with Gasteiger partial charge in [0, 0.05) is 5.41 Å². The average molecular weight is 375 g/mol. The van der Waals surface area contributed by atoms with Crippen LogP contribution in [-0.2, 0) is 9.53 Å². The van der Waals surface area contributed by atoms with Crippen LogP contribution in [0, 0.1) is 22.7 Å². The number of rotatable bonds is 4. The molecule has 0 aromatic rings. The number of aliphatic hydroxyl groups excluding tert-OH is 3. The van der Waals surface area contributed by atoms with Crippen LogP contribution in [0.1, 0.15) is 53.8 Å².